The highest BCUT2D eigenvalue weighted by molar-refractivity contribution is 5.98. The Labute approximate surface area is 186 Å². The maximum atomic E-state index is 12.0. The van der Waals surface area contributed by atoms with E-state index < -0.39 is 5.97 Å². The van der Waals surface area contributed by atoms with Gasteiger partial charge in [-0.15, -0.1) is 0 Å². The van der Waals surface area contributed by atoms with Gasteiger partial charge in [0, 0.05) is 34.9 Å². The number of carbonyl (C=O) groups is 1. The van der Waals surface area contributed by atoms with Crippen LogP contribution in [0.25, 0.3) is 33.3 Å². The minimum Gasteiger partial charge on any atom is -0.493 e. The molecular weight excluding hydrogens is 404 g/mol. The molecule has 0 bridgehead atoms. The molecule has 2 aromatic carbocycles. The van der Waals surface area contributed by atoms with Crippen LogP contribution in [0, 0.1) is 6.92 Å². The van der Waals surface area contributed by atoms with Gasteiger partial charge in [0.25, 0.3) is 0 Å². The summed E-state index contributed by atoms with van der Waals surface area (Å²) in [5.74, 6) is 0.462. The lowest BCUT2D eigenvalue weighted by Gasteiger charge is -2.23. The Bertz CT molecular complexity index is 1370. The fourth-order valence-corrected chi connectivity index (χ4v) is 4.97. The Kier molecular flexibility index (Phi) is 4.85. The molecule has 0 saturated heterocycles. The molecule has 162 valence electrons. The topological polar surface area (TPSA) is 73.6 Å². The second kappa shape index (κ2) is 7.71. The van der Waals surface area contributed by atoms with Crippen molar-refractivity contribution in [2.45, 2.75) is 26.3 Å². The van der Waals surface area contributed by atoms with Crippen molar-refractivity contribution in [2.24, 2.45) is 0 Å². The third-order valence-electron chi connectivity index (χ3n) is 6.34. The summed E-state index contributed by atoms with van der Waals surface area (Å²) < 4.78 is 13.3. The van der Waals surface area contributed by atoms with Crippen molar-refractivity contribution in [3.05, 3.63) is 65.5 Å². The zero-order valence-corrected chi connectivity index (χ0v) is 18.3. The number of pyridine rings is 1. The predicted molar refractivity (Wildman–Crippen MR) is 123 cm³/mol. The van der Waals surface area contributed by atoms with Crippen LogP contribution in [0.5, 0.6) is 11.5 Å². The lowest BCUT2D eigenvalue weighted by molar-refractivity contribution is -0.136. The normalized spacial score (nSPS) is 12.3. The molecule has 1 aliphatic heterocycles. The summed E-state index contributed by atoms with van der Waals surface area (Å²) >= 11 is 0. The Morgan fingerprint density at radius 1 is 1.09 bits per heavy atom. The van der Waals surface area contributed by atoms with Gasteiger partial charge in [-0.05, 0) is 54.3 Å². The first-order chi connectivity index (χ1) is 15.5. The fourth-order valence-electron chi connectivity index (χ4n) is 4.97. The smallest absolute Gasteiger partial charge is 0.307 e. The lowest BCUT2D eigenvalue weighted by atomic mass is 9.91. The molecule has 6 heteroatoms. The van der Waals surface area contributed by atoms with Crippen LogP contribution in [-0.2, 0) is 24.2 Å². The van der Waals surface area contributed by atoms with E-state index in [9.17, 15) is 9.90 Å². The van der Waals surface area contributed by atoms with E-state index >= 15 is 0 Å². The number of methoxy groups -OCH3 is 2. The van der Waals surface area contributed by atoms with E-state index in [0.717, 1.165) is 63.1 Å². The fraction of sp³-hybridized carbons (Fsp3) is 0.231. The maximum absolute atomic E-state index is 12.0. The van der Waals surface area contributed by atoms with Crippen molar-refractivity contribution in [3.8, 4) is 33.9 Å². The van der Waals surface area contributed by atoms with E-state index in [-0.39, 0.29) is 6.42 Å². The van der Waals surface area contributed by atoms with Crippen molar-refractivity contribution in [1.29, 1.82) is 0 Å². The van der Waals surface area contributed by atoms with E-state index in [1.165, 1.54) is 0 Å². The number of nitrogens with zero attached hydrogens (tertiary/aromatic N) is 2. The Morgan fingerprint density at radius 3 is 2.59 bits per heavy atom. The van der Waals surface area contributed by atoms with E-state index in [0.29, 0.717) is 11.5 Å². The Hall–Kier alpha value is -3.80. The van der Waals surface area contributed by atoms with Crippen LogP contribution in [0.3, 0.4) is 0 Å². The molecule has 0 atom stereocenters. The second-order valence-corrected chi connectivity index (χ2v) is 8.00. The molecule has 2 aromatic heterocycles. The van der Waals surface area contributed by atoms with Crippen LogP contribution >= 0.6 is 0 Å². The van der Waals surface area contributed by atoms with E-state index in [2.05, 4.69) is 16.5 Å². The molecule has 0 saturated carbocycles. The van der Waals surface area contributed by atoms with E-state index in [1.807, 2.05) is 42.5 Å². The van der Waals surface area contributed by atoms with Crippen LogP contribution in [-0.4, -0.2) is 34.8 Å². The number of hydrogen-bond acceptors (Lipinski definition) is 4. The number of carboxylic acids is 1. The number of aliphatic carboxylic acids is 1. The third kappa shape index (κ3) is 3.02. The quantitative estimate of drug-likeness (QED) is 0.490. The van der Waals surface area contributed by atoms with Crippen molar-refractivity contribution in [2.75, 3.05) is 14.2 Å². The molecule has 1 N–H and O–H groups in total. The molecule has 0 radical (unpaired) electrons. The van der Waals surface area contributed by atoms with E-state index in [1.54, 1.807) is 20.4 Å². The highest BCUT2D eigenvalue weighted by Gasteiger charge is 2.29. The zero-order valence-electron chi connectivity index (χ0n) is 18.3. The highest BCUT2D eigenvalue weighted by atomic mass is 16.5. The molecule has 3 heterocycles. The molecule has 0 amide bonds. The number of fused-ring (bicyclic) bond motifs is 4. The van der Waals surface area contributed by atoms with Crippen molar-refractivity contribution >= 4 is 16.9 Å². The minimum absolute atomic E-state index is 0.0665. The standard InChI is InChI=1S/C26H24N2O4/c1-15-25(18-8-10-27-21-7-5-4-6-17(18)21)20(14-24(29)30)26-19-13-23(32-3)22(31-2)12-16(19)9-11-28(15)26/h4-8,10,12-13H,9,11,14H2,1-3H3,(H,29,30). The number of para-hydroxylation sites is 1. The van der Waals surface area contributed by atoms with Gasteiger partial charge in [-0.25, -0.2) is 0 Å². The van der Waals surface area contributed by atoms with Crippen LogP contribution in [0.2, 0.25) is 0 Å². The number of aryl methyl sites for hydroxylation is 1. The van der Waals surface area contributed by atoms with Gasteiger partial charge in [0.2, 0.25) is 0 Å². The average molecular weight is 428 g/mol. The first-order valence-electron chi connectivity index (χ1n) is 10.6. The Morgan fingerprint density at radius 2 is 1.84 bits per heavy atom. The molecule has 0 unspecified atom stereocenters. The largest absolute Gasteiger partial charge is 0.493 e. The maximum Gasteiger partial charge on any atom is 0.307 e. The summed E-state index contributed by atoms with van der Waals surface area (Å²) in [6, 6.07) is 13.9. The van der Waals surface area contributed by atoms with Gasteiger partial charge in [0.05, 0.1) is 31.9 Å². The third-order valence-corrected chi connectivity index (χ3v) is 6.34. The summed E-state index contributed by atoms with van der Waals surface area (Å²) in [6.07, 6.45) is 2.56. The van der Waals surface area contributed by atoms with Gasteiger partial charge in [0.1, 0.15) is 0 Å². The molecule has 4 aromatic rings. The number of ether oxygens (including phenoxy) is 2. The molecule has 6 nitrogen and oxygen atoms in total. The van der Waals surface area contributed by atoms with Gasteiger partial charge in [-0.2, -0.15) is 0 Å². The lowest BCUT2D eigenvalue weighted by Crippen LogP contribution is -2.13. The molecule has 32 heavy (non-hydrogen) atoms. The van der Waals surface area contributed by atoms with Gasteiger partial charge in [-0.1, -0.05) is 18.2 Å². The first kappa shape index (κ1) is 20.1. The van der Waals surface area contributed by atoms with Crippen molar-refractivity contribution < 1.29 is 19.4 Å². The number of aromatic nitrogens is 2. The Balaban J connectivity index is 1.85. The highest BCUT2D eigenvalue weighted by Crippen LogP contribution is 2.46. The predicted octanol–water partition coefficient (Wildman–Crippen LogP) is 4.88. The number of benzene rings is 2. The summed E-state index contributed by atoms with van der Waals surface area (Å²) in [6.45, 7) is 2.85. The van der Waals surface area contributed by atoms with Crippen LogP contribution in [0.1, 0.15) is 16.8 Å². The number of hydrogen-bond donors (Lipinski definition) is 1. The van der Waals surface area contributed by atoms with Crippen molar-refractivity contribution in [1.82, 2.24) is 9.55 Å². The zero-order chi connectivity index (χ0) is 22.4. The first-order valence-corrected chi connectivity index (χ1v) is 10.6. The summed E-state index contributed by atoms with van der Waals surface area (Å²) in [7, 11) is 3.24. The molecule has 0 fully saturated rings. The second-order valence-electron chi connectivity index (χ2n) is 8.00. The van der Waals surface area contributed by atoms with Gasteiger partial charge in [-0.3, -0.25) is 9.78 Å². The molecule has 0 spiro atoms. The molecular formula is C26H24N2O4. The van der Waals surface area contributed by atoms with Crippen LogP contribution in [0.15, 0.2) is 48.7 Å². The number of rotatable bonds is 5. The summed E-state index contributed by atoms with van der Waals surface area (Å²) in [5.41, 5.74) is 7.83. The average Bonchev–Trinajstić information content (AvgIpc) is 3.08. The van der Waals surface area contributed by atoms with Crippen molar-refractivity contribution in [3.63, 3.8) is 0 Å². The van der Waals surface area contributed by atoms with Gasteiger partial charge >= 0.3 is 5.97 Å². The SMILES string of the molecule is COc1cc2c(cc1OC)-c1c(CC(=O)O)c(-c3ccnc4ccccc34)c(C)n1CC2. The molecule has 5 rings (SSSR count). The van der Waals surface area contributed by atoms with Gasteiger partial charge < -0.3 is 19.1 Å². The van der Waals surface area contributed by atoms with Crippen LogP contribution in [0.4, 0.5) is 0 Å². The summed E-state index contributed by atoms with van der Waals surface area (Å²) in [4.78, 5) is 16.5. The van der Waals surface area contributed by atoms with Gasteiger partial charge in [0.15, 0.2) is 11.5 Å². The monoisotopic (exact) mass is 428 g/mol. The van der Waals surface area contributed by atoms with Crippen LogP contribution < -0.4 is 9.47 Å². The molecule has 0 aliphatic carbocycles. The number of carboxylic acid groups (broad SMARTS) is 1. The summed E-state index contributed by atoms with van der Waals surface area (Å²) in [5, 5.41) is 10.8. The minimum atomic E-state index is -0.856. The van der Waals surface area contributed by atoms with E-state index in [4.69, 9.17) is 9.47 Å². The molecule has 1 aliphatic rings.